The van der Waals surface area contributed by atoms with Gasteiger partial charge in [0.2, 0.25) is 5.75 Å². The topological polar surface area (TPSA) is 9.23 Å². The van der Waals surface area contributed by atoms with E-state index in [-0.39, 0.29) is 11.1 Å². The number of ether oxygens (including phenoxy) is 1. The standard InChI is InChI=1S/C30H20F6O/c1-2-3-4-5-19-6-9-21(10-7-19)23-14-15-25-24(18-23)13-12-22(28(25)33)11-8-20-16-26(31)29(27(32)17-20)37-30(34,35)36/h2-3,6-7,9-10,12-18H,4-5H2,1H3/b3-2+. The molecule has 1 nitrogen and oxygen atoms in total. The Hall–Kier alpha value is -4.18. The molecule has 0 N–H and O–H groups in total. The molecule has 4 rings (SSSR count). The summed E-state index contributed by atoms with van der Waals surface area (Å²) in [7, 11) is 0. The van der Waals surface area contributed by atoms with Crippen LogP contribution in [0, 0.1) is 29.3 Å². The van der Waals surface area contributed by atoms with Crippen LogP contribution in [0.1, 0.15) is 30.0 Å². The van der Waals surface area contributed by atoms with E-state index in [1.165, 1.54) is 11.6 Å². The van der Waals surface area contributed by atoms with Crippen LogP contribution >= 0.6 is 0 Å². The number of alkyl halides is 3. The van der Waals surface area contributed by atoms with Crippen LogP contribution in [0.15, 0.2) is 78.9 Å². The molecule has 7 heteroatoms. The molecule has 0 aliphatic rings. The van der Waals surface area contributed by atoms with Crippen LogP contribution in [0.3, 0.4) is 0 Å². The van der Waals surface area contributed by atoms with Gasteiger partial charge >= 0.3 is 6.36 Å². The van der Waals surface area contributed by atoms with Crippen molar-refractivity contribution in [1.82, 2.24) is 0 Å². The number of allylic oxidation sites excluding steroid dienone is 2. The highest BCUT2D eigenvalue weighted by Gasteiger charge is 2.34. The Morgan fingerprint density at radius 1 is 0.811 bits per heavy atom. The van der Waals surface area contributed by atoms with E-state index in [9.17, 15) is 22.0 Å². The Morgan fingerprint density at radius 3 is 2.14 bits per heavy atom. The molecule has 0 radical (unpaired) electrons. The highest BCUT2D eigenvalue weighted by molar-refractivity contribution is 5.89. The molecule has 0 aromatic heterocycles. The average Bonchev–Trinajstić information content (AvgIpc) is 2.86. The number of rotatable bonds is 5. The minimum atomic E-state index is -5.25. The number of halogens is 6. The summed E-state index contributed by atoms with van der Waals surface area (Å²) in [6.07, 6.45) is 0.802. The molecule has 0 unspecified atom stereocenters. The monoisotopic (exact) mass is 510 g/mol. The Bertz CT molecular complexity index is 1500. The van der Waals surface area contributed by atoms with Gasteiger partial charge in [-0.2, -0.15) is 0 Å². The van der Waals surface area contributed by atoms with Crippen LogP contribution in [-0.4, -0.2) is 6.36 Å². The maximum Gasteiger partial charge on any atom is 0.573 e. The third-order valence-corrected chi connectivity index (χ3v) is 5.63. The van der Waals surface area contributed by atoms with Crippen molar-refractivity contribution in [2.45, 2.75) is 26.1 Å². The minimum Gasteiger partial charge on any atom is -0.399 e. The van der Waals surface area contributed by atoms with Gasteiger partial charge in [0.05, 0.1) is 5.56 Å². The van der Waals surface area contributed by atoms with E-state index in [2.05, 4.69) is 34.8 Å². The van der Waals surface area contributed by atoms with Gasteiger partial charge in [0.15, 0.2) is 11.6 Å². The van der Waals surface area contributed by atoms with Gasteiger partial charge in [-0.25, -0.2) is 13.2 Å². The maximum absolute atomic E-state index is 15.1. The lowest BCUT2D eigenvalue weighted by molar-refractivity contribution is -0.276. The molecular formula is C30H20F6O. The molecular weight excluding hydrogens is 490 g/mol. The van der Waals surface area contributed by atoms with Gasteiger partial charge in [0, 0.05) is 10.9 Å². The molecule has 0 saturated heterocycles. The number of benzene rings is 4. The fourth-order valence-electron chi connectivity index (χ4n) is 3.83. The van der Waals surface area contributed by atoms with Crippen LogP contribution in [0.25, 0.3) is 21.9 Å². The summed E-state index contributed by atoms with van der Waals surface area (Å²) in [6.45, 7) is 1.99. The van der Waals surface area contributed by atoms with Crippen molar-refractivity contribution in [1.29, 1.82) is 0 Å². The average molecular weight is 510 g/mol. The van der Waals surface area contributed by atoms with E-state index >= 15 is 4.39 Å². The molecule has 0 aliphatic heterocycles. The Morgan fingerprint density at radius 2 is 1.49 bits per heavy atom. The highest BCUT2D eigenvalue weighted by atomic mass is 19.4. The number of hydrogen-bond acceptors (Lipinski definition) is 1. The normalized spacial score (nSPS) is 11.5. The zero-order valence-corrected chi connectivity index (χ0v) is 19.6. The molecule has 0 spiro atoms. The van der Waals surface area contributed by atoms with E-state index in [1.54, 1.807) is 18.2 Å². The van der Waals surface area contributed by atoms with E-state index in [0.29, 0.717) is 22.9 Å². The predicted molar refractivity (Wildman–Crippen MR) is 131 cm³/mol. The predicted octanol–water partition coefficient (Wildman–Crippen LogP) is 8.73. The van der Waals surface area contributed by atoms with Gasteiger partial charge in [-0.05, 0) is 66.1 Å². The first-order valence-corrected chi connectivity index (χ1v) is 11.3. The fraction of sp³-hybridized carbons (Fsp3) is 0.133. The first kappa shape index (κ1) is 25.9. The first-order valence-electron chi connectivity index (χ1n) is 11.3. The van der Waals surface area contributed by atoms with Crippen LogP contribution < -0.4 is 4.74 Å². The lowest BCUT2D eigenvalue weighted by atomic mass is 9.98. The molecule has 37 heavy (non-hydrogen) atoms. The van der Waals surface area contributed by atoms with Gasteiger partial charge in [-0.15, -0.1) is 13.2 Å². The van der Waals surface area contributed by atoms with Gasteiger partial charge in [-0.1, -0.05) is 66.5 Å². The molecule has 0 bridgehead atoms. The van der Waals surface area contributed by atoms with Gasteiger partial charge in [0.25, 0.3) is 0 Å². The van der Waals surface area contributed by atoms with E-state index < -0.39 is 29.6 Å². The summed E-state index contributed by atoms with van der Waals surface area (Å²) in [5.41, 5.74) is 2.83. The summed E-state index contributed by atoms with van der Waals surface area (Å²) in [5, 5.41) is 0.952. The van der Waals surface area contributed by atoms with Gasteiger partial charge in [0.1, 0.15) is 5.82 Å². The third-order valence-electron chi connectivity index (χ3n) is 5.63. The van der Waals surface area contributed by atoms with Crippen LogP contribution in [0.5, 0.6) is 5.75 Å². The first-order chi connectivity index (χ1) is 17.6. The van der Waals surface area contributed by atoms with E-state index in [0.717, 1.165) is 24.0 Å². The highest BCUT2D eigenvalue weighted by Crippen LogP contribution is 2.30. The summed E-state index contributed by atoms with van der Waals surface area (Å²) in [6, 6.07) is 17.8. The van der Waals surface area contributed by atoms with Crippen molar-refractivity contribution >= 4 is 10.8 Å². The summed E-state index contributed by atoms with van der Waals surface area (Å²) in [5.74, 6) is -0.454. The Labute approximate surface area is 210 Å². The van der Waals surface area contributed by atoms with Gasteiger partial charge in [-0.3, -0.25) is 0 Å². The van der Waals surface area contributed by atoms with Crippen molar-refractivity contribution in [2.24, 2.45) is 0 Å². The molecule has 0 aliphatic carbocycles. The second-order valence-electron chi connectivity index (χ2n) is 8.23. The van der Waals surface area contributed by atoms with Crippen LogP contribution in [-0.2, 0) is 6.42 Å². The van der Waals surface area contributed by atoms with E-state index in [4.69, 9.17) is 0 Å². The number of fused-ring (bicyclic) bond motifs is 1. The minimum absolute atomic E-state index is 0.0258. The fourth-order valence-corrected chi connectivity index (χ4v) is 3.83. The molecule has 0 saturated carbocycles. The molecule has 4 aromatic rings. The largest absolute Gasteiger partial charge is 0.573 e. The SMILES string of the molecule is C/C=C/CCc1ccc(-c2ccc3c(F)c(C#Cc4cc(F)c(OC(F)(F)F)c(F)c4)ccc3c2)cc1. The van der Waals surface area contributed by atoms with Crippen molar-refractivity contribution in [3.05, 3.63) is 113 Å². The summed E-state index contributed by atoms with van der Waals surface area (Å²) < 4.78 is 83.2. The van der Waals surface area contributed by atoms with Crippen molar-refractivity contribution < 1.29 is 31.1 Å². The maximum atomic E-state index is 15.1. The second-order valence-corrected chi connectivity index (χ2v) is 8.23. The molecule has 0 atom stereocenters. The number of aryl methyl sites for hydroxylation is 1. The number of hydrogen-bond donors (Lipinski definition) is 0. The van der Waals surface area contributed by atoms with Crippen LogP contribution in [0.2, 0.25) is 0 Å². The van der Waals surface area contributed by atoms with Crippen molar-refractivity contribution in [3.63, 3.8) is 0 Å². The molecule has 0 fully saturated rings. The molecule has 188 valence electrons. The zero-order chi connectivity index (χ0) is 26.6. The Balaban J connectivity index is 1.58. The van der Waals surface area contributed by atoms with Gasteiger partial charge < -0.3 is 4.74 Å². The smallest absolute Gasteiger partial charge is 0.399 e. The zero-order valence-electron chi connectivity index (χ0n) is 19.6. The van der Waals surface area contributed by atoms with Crippen molar-refractivity contribution in [3.8, 4) is 28.7 Å². The van der Waals surface area contributed by atoms with E-state index in [1.807, 2.05) is 31.2 Å². The quantitative estimate of drug-likeness (QED) is 0.148. The van der Waals surface area contributed by atoms with Crippen LogP contribution in [0.4, 0.5) is 26.3 Å². The second kappa shape index (κ2) is 10.8. The molecule has 0 heterocycles. The molecule has 4 aromatic carbocycles. The third kappa shape index (κ3) is 6.34. The Kier molecular flexibility index (Phi) is 7.58. The lowest BCUT2D eigenvalue weighted by Crippen LogP contribution is -2.19. The summed E-state index contributed by atoms with van der Waals surface area (Å²) in [4.78, 5) is 0. The van der Waals surface area contributed by atoms with Crippen molar-refractivity contribution in [2.75, 3.05) is 0 Å². The summed E-state index contributed by atoms with van der Waals surface area (Å²) >= 11 is 0. The molecule has 0 amide bonds. The lowest BCUT2D eigenvalue weighted by Gasteiger charge is -2.10.